The molecule has 50 valence electrons. The third-order valence-corrected chi connectivity index (χ3v) is 2.81. The van der Waals surface area contributed by atoms with Crippen molar-refractivity contribution in [2.24, 2.45) is 11.3 Å². The van der Waals surface area contributed by atoms with Gasteiger partial charge in [0.05, 0.1) is 0 Å². The Balaban J connectivity index is 1.94. The molecule has 0 atom stereocenters. The van der Waals surface area contributed by atoms with Crippen LogP contribution in [0.25, 0.3) is 0 Å². The first kappa shape index (κ1) is 5.52. The van der Waals surface area contributed by atoms with Gasteiger partial charge in [0, 0.05) is 0 Å². The van der Waals surface area contributed by atoms with Crippen LogP contribution in [0.5, 0.6) is 0 Å². The Morgan fingerprint density at radius 2 is 2.00 bits per heavy atom. The van der Waals surface area contributed by atoms with Crippen LogP contribution in [0, 0.1) is 11.3 Å². The highest BCUT2D eigenvalue weighted by Crippen LogP contribution is 2.60. The molecule has 0 bridgehead atoms. The van der Waals surface area contributed by atoms with Gasteiger partial charge < -0.3 is 0 Å². The number of allylic oxidation sites excluding steroid dienone is 1. The van der Waals surface area contributed by atoms with E-state index in [1.54, 1.807) is 0 Å². The average Bonchev–Trinajstić information content (AvgIpc) is 1.58. The van der Waals surface area contributed by atoms with Gasteiger partial charge in [0.25, 0.3) is 0 Å². The molecule has 0 N–H and O–H groups in total. The summed E-state index contributed by atoms with van der Waals surface area (Å²) in [4.78, 5) is 0. The predicted octanol–water partition coefficient (Wildman–Crippen LogP) is 2.75. The molecule has 2 fully saturated rings. The number of rotatable bonds is 0. The lowest BCUT2D eigenvalue weighted by Gasteiger charge is -2.54. The summed E-state index contributed by atoms with van der Waals surface area (Å²) in [5.74, 6) is 1.01. The zero-order valence-electron chi connectivity index (χ0n) is 6.11. The van der Waals surface area contributed by atoms with Crippen molar-refractivity contribution in [1.82, 2.24) is 0 Å². The van der Waals surface area contributed by atoms with Crippen LogP contribution in [0.4, 0.5) is 0 Å². The van der Waals surface area contributed by atoms with Crippen molar-refractivity contribution in [1.29, 1.82) is 0 Å². The summed E-state index contributed by atoms with van der Waals surface area (Å²) in [6, 6.07) is 0. The Bertz CT molecular complexity index is 139. The van der Waals surface area contributed by atoms with E-state index < -0.39 is 0 Å². The van der Waals surface area contributed by atoms with Gasteiger partial charge in [0.2, 0.25) is 0 Å². The lowest BCUT2D eigenvalue weighted by molar-refractivity contribution is 0.0244. The summed E-state index contributed by atoms with van der Waals surface area (Å²) in [7, 11) is 0. The molecule has 2 rings (SSSR count). The van der Waals surface area contributed by atoms with Crippen LogP contribution < -0.4 is 0 Å². The lowest BCUT2D eigenvalue weighted by Crippen LogP contribution is -2.42. The van der Waals surface area contributed by atoms with Crippen molar-refractivity contribution < 1.29 is 0 Å². The quantitative estimate of drug-likeness (QED) is 0.433. The summed E-state index contributed by atoms with van der Waals surface area (Å²) in [5.41, 5.74) is 2.28. The Hall–Kier alpha value is -0.260. The molecule has 0 radical (unpaired) electrons. The minimum Gasteiger partial charge on any atom is -0.0998 e. The molecule has 0 aromatic heterocycles. The maximum atomic E-state index is 3.96. The number of hydrogen-bond donors (Lipinski definition) is 0. The van der Waals surface area contributed by atoms with E-state index in [1.165, 1.54) is 31.3 Å². The van der Waals surface area contributed by atoms with Gasteiger partial charge in [-0.05, 0) is 37.0 Å². The Morgan fingerprint density at radius 3 is 2.33 bits per heavy atom. The molecule has 0 unspecified atom stereocenters. The van der Waals surface area contributed by atoms with Gasteiger partial charge in [-0.1, -0.05) is 19.1 Å². The zero-order chi connectivity index (χ0) is 6.48. The Labute approximate surface area is 57.0 Å². The molecule has 0 saturated heterocycles. The second kappa shape index (κ2) is 1.42. The molecule has 0 nitrogen and oxygen atoms in total. The van der Waals surface area contributed by atoms with Gasteiger partial charge in [-0.15, -0.1) is 0 Å². The van der Waals surface area contributed by atoms with E-state index >= 15 is 0 Å². The molecule has 0 aromatic rings. The molecule has 0 aromatic carbocycles. The Kier molecular flexibility index (Phi) is 0.870. The van der Waals surface area contributed by atoms with Crippen LogP contribution in [0.1, 0.15) is 32.6 Å². The van der Waals surface area contributed by atoms with Gasteiger partial charge in [-0.25, -0.2) is 0 Å². The van der Waals surface area contributed by atoms with Gasteiger partial charge in [0.1, 0.15) is 0 Å². The highest BCUT2D eigenvalue weighted by Gasteiger charge is 2.47. The van der Waals surface area contributed by atoms with Crippen LogP contribution in [0.3, 0.4) is 0 Å². The molecule has 2 saturated carbocycles. The van der Waals surface area contributed by atoms with Crippen molar-refractivity contribution in [2.45, 2.75) is 32.6 Å². The van der Waals surface area contributed by atoms with E-state index in [4.69, 9.17) is 0 Å². The van der Waals surface area contributed by atoms with Crippen LogP contribution >= 0.6 is 0 Å². The van der Waals surface area contributed by atoms with Crippen molar-refractivity contribution in [3.63, 3.8) is 0 Å². The highest BCUT2D eigenvalue weighted by molar-refractivity contribution is 5.18. The Morgan fingerprint density at radius 1 is 1.44 bits per heavy atom. The molecule has 2 aliphatic rings. The third kappa shape index (κ3) is 0.654. The molecule has 1 spiro atoms. The van der Waals surface area contributed by atoms with E-state index in [0.717, 1.165) is 11.3 Å². The standard InChI is InChI=1S/C9H14/c1-7-3-9(4-7)5-8(2)6-9/h8H,1,3-6H2,2H3. The van der Waals surface area contributed by atoms with E-state index in [2.05, 4.69) is 13.5 Å². The van der Waals surface area contributed by atoms with Gasteiger partial charge in [0.15, 0.2) is 0 Å². The fourth-order valence-electron chi connectivity index (χ4n) is 2.72. The maximum absolute atomic E-state index is 3.96. The van der Waals surface area contributed by atoms with Crippen LogP contribution in [0.2, 0.25) is 0 Å². The van der Waals surface area contributed by atoms with Gasteiger partial charge in [-0.2, -0.15) is 0 Å². The molecule has 0 aliphatic heterocycles. The molecular formula is C9H14. The van der Waals surface area contributed by atoms with E-state index in [9.17, 15) is 0 Å². The first-order valence-corrected chi connectivity index (χ1v) is 3.87. The molecule has 9 heavy (non-hydrogen) atoms. The van der Waals surface area contributed by atoms with E-state index in [0.29, 0.717) is 0 Å². The third-order valence-electron chi connectivity index (χ3n) is 2.81. The maximum Gasteiger partial charge on any atom is -0.0218 e. The molecule has 2 aliphatic carbocycles. The van der Waals surface area contributed by atoms with Crippen LogP contribution in [0.15, 0.2) is 12.2 Å². The van der Waals surface area contributed by atoms with E-state index in [1.807, 2.05) is 0 Å². The van der Waals surface area contributed by atoms with Gasteiger partial charge in [-0.3, -0.25) is 0 Å². The topological polar surface area (TPSA) is 0 Å². The average molecular weight is 122 g/mol. The first-order chi connectivity index (χ1) is 4.20. The normalized spacial score (nSPS) is 31.9. The van der Waals surface area contributed by atoms with Crippen LogP contribution in [-0.4, -0.2) is 0 Å². The first-order valence-electron chi connectivity index (χ1n) is 3.87. The number of hydrogen-bond acceptors (Lipinski definition) is 0. The van der Waals surface area contributed by atoms with E-state index in [-0.39, 0.29) is 0 Å². The predicted molar refractivity (Wildman–Crippen MR) is 39.2 cm³/mol. The smallest absolute Gasteiger partial charge is 0.0218 e. The fourth-order valence-corrected chi connectivity index (χ4v) is 2.72. The monoisotopic (exact) mass is 122 g/mol. The molecular weight excluding hydrogens is 108 g/mol. The molecule has 0 amide bonds. The summed E-state index contributed by atoms with van der Waals surface area (Å²) in [5, 5.41) is 0. The summed E-state index contributed by atoms with van der Waals surface area (Å²) in [6.07, 6.45) is 5.65. The SMILES string of the molecule is C=C1CC2(C1)CC(C)C2. The van der Waals surface area contributed by atoms with Crippen molar-refractivity contribution in [3.8, 4) is 0 Å². The zero-order valence-corrected chi connectivity index (χ0v) is 6.11. The van der Waals surface area contributed by atoms with Crippen molar-refractivity contribution in [3.05, 3.63) is 12.2 Å². The summed E-state index contributed by atoms with van der Waals surface area (Å²) in [6.45, 7) is 6.32. The second-order valence-electron chi connectivity index (χ2n) is 4.12. The molecule has 0 heterocycles. The minimum absolute atomic E-state index is 0.788. The van der Waals surface area contributed by atoms with Crippen molar-refractivity contribution >= 4 is 0 Å². The minimum atomic E-state index is 0.788. The second-order valence-corrected chi connectivity index (χ2v) is 4.12. The van der Waals surface area contributed by atoms with Gasteiger partial charge >= 0.3 is 0 Å². The van der Waals surface area contributed by atoms with Crippen LogP contribution in [-0.2, 0) is 0 Å². The molecule has 0 heteroatoms. The summed E-state index contributed by atoms with van der Waals surface area (Å²) < 4.78 is 0. The lowest BCUT2D eigenvalue weighted by atomic mass is 9.51. The summed E-state index contributed by atoms with van der Waals surface area (Å²) >= 11 is 0. The highest BCUT2D eigenvalue weighted by atomic mass is 14.5. The fraction of sp³-hybridized carbons (Fsp3) is 0.778. The largest absolute Gasteiger partial charge is 0.0998 e. The van der Waals surface area contributed by atoms with Crippen molar-refractivity contribution in [2.75, 3.05) is 0 Å².